The van der Waals surface area contributed by atoms with Crippen molar-refractivity contribution in [1.82, 2.24) is 0 Å². The summed E-state index contributed by atoms with van der Waals surface area (Å²) in [6, 6.07) is 7.81. The predicted molar refractivity (Wildman–Crippen MR) is 74.3 cm³/mol. The molecule has 2 aromatic rings. The van der Waals surface area contributed by atoms with Gasteiger partial charge in [0.05, 0.1) is 0 Å². The van der Waals surface area contributed by atoms with Crippen molar-refractivity contribution < 1.29 is 8.78 Å². The highest BCUT2D eigenvalue weighted by molar-refractivity contribution is 5.58. The molecule has 0 amide bonds. The molecule has 0 radical (unpaired) electrons. The minimum atomic E-state index is -0.552. The summed E-state index contributed by atoms with van der Waals surface area (Å²) >= 11 is 0. The van der Waals surface area contributed by atoms with Crippen molar-refractivity contribution in [3.05, 3.63) is 64.2 Å². The SMILES string of the molecule is Cc1cc(C)c(NCc2ccc(F)cc2F)c(C)c1. The highest BCUT2D eigenvalue weighted by Gasteiger charge is 2.06. The molecule has 2 rings (SSSR count). The maximum atomic E-state index is 13.5. The van der Waals surface area contributed by atoms with E-state index in [1.165, 1.54) is 17.7 Å². The summed E-state index contributed by atoms with van der Waals surface area (Å²) in [6.07, 6.45) is 0. The van der Waals surface area contributed by atoms with E-state index in [9.17, 15) is 8.78 Å². The number of rotatable bonds is 3. The van der Waals surface area contributed by atoms with Crippen molar-refractivity contribution in [3.63, 3.8) is 0 Å². The molecule has 1 nitrogen and oxygen atoms in total. The maximum absolute atomic E-state index is 13.5. The Morgan fingerprint density at radius 1 is 0.947 bits per heavy atom. The van der Waals surface area contributed by atoms with E-state index in [1.807, 2.05) is 20.8 Å². The van der Waals surface area contributed by atoms with Crippen molar-refractivity contribution in [1.29, 1.82) is 0 Å². The summed E-state index contributed by atoms with van der Waals surface area (Å²) in [6.45, 7) is 6.42. The average molecular weight is 261 g/mol. The minimum absolute atomic E-state index is 0.344. The lowest BCUT2D eigenvalue weighted by molar-refractivity contribution is 0.574. The van der Waals surface area contributed by atoms with Gasteiger partial charge in [-0.1, -0.05) is 23.8 Å². The van der Waals surface area contributed by atoms with Crippen molar-refractivity contribution >= 4 is 5.69 Å². The second-order valence-electron chi connectivity index (χ2n) is 4.86. The van der Waals surface area contributed by atoms with Gasteiger partial charge in [0.2, 0.25) is 0 Å². The van der Waals surface area contributed by atoms with Crippen molar-refractivity contribution in [2.75, 3.05) is 5.32 Å². The molecule has 2 aromatic carbocycles. The Bertz CT molecular complexity index is 583. The molecule has 0 aliphatic rings. The first-order valence-electron chi connectivity index (χ1n) is 6.23. The van der Waals surface area contributed by atoms with E-state index >= 15 is 0 Å². The molecule has 0 bridgehead atoms. The van der Waals surface area contributed by atoms with Crippen LogP contribution < -0.4 is 5.32 Å². The van der Waals surface area contributed by atoms with Gasteiger partial charge < -0.3 is 5.32 Å². The highest BCUT2D eigenvalue weighted by atomic mass is 19.1. The topological polar surface area (TPSA) is 12.0 Å². The molecule has 19 heavy (non-hydrogen) atoms. The molecule has 0 unspecified atom stereocenters. The Hall–Kier alpha value is -1.90. The van der Waals surface area contributed by atoms with E-state index in [2.05, 4.69) is 17.4 Å². The quantitative estimate of drug-likeness (QED) is 0.857. The molecule has 100 valence electrons. The number of aryl methyl sites for hydroxylation is 3. The van der Waals surface area contributed by atoms with Gasteiger partial charge >= 0.3 is 0 Å². The summed E-state index contributed by atoms with van der Waals surface area (Å²) in [5.74, 6) is -1.07. The lowest BCUT2D eigenvalue weighted by Crippen LogP contribution is -2.05. The molecule has 1 N–H and O–H groups in total. The zero-order valence-electron chi connectivity index (χ0n) is 11.3. The fraction of sp³-hybridized carbons (Fsp3) is 0.250. The first kappa shape index (κ1) is 13.5. The van der Waals surface area contributed by atoms with Crippen LogP contribution in [0.2, 0.25) is 0 Å². The standard InChI is InChI=1S/C16H17F2N/c1-10-6-11(2)16(12(3)7-10)19-9-13-4-5-14(17)8-15(13)18/h4-8,19H,9H2,1-3H3. The summed E-state index contributed by atoms with van der Waals surface area (Å²) in [5.41, 5.74) is 4.92. The summed E-state index contributed by atoms with van der Waals surface area (Å²) in [7, 11) is 0. The van der Waals surface area contributed by atoms with E-state index in [-0.39, 0.29) is 0 Å². The Kier molecular flexibility index (Phi) is 3.84. The molecule has 0 heterocycles. The predicted octanol–water partition coefficient (Wildman–Crippen LogP) is 4.50. The number of halogens is 2. The molecule has 0 aliphatic carbocycles. The number of hydrogen-bond donors (Lipinski definition) is 1. The van der Waals surface area contributed by atoms with Crippen LogP contribution in [0.3, 0.4) is 0 Å². The highest BCUT2D eigenvalue weighted by Crippen LogP contribution is 2.23. The Morgan fingerprint density at radius 3 is 2.16 bits per heavy atom. The van der Waals surface area contributed by atoms with Gasteiger partial charge in [-0.2, -0.15) is 0 Å². The van der Waals surface area contributed by atoms with Gasteiger partial charge in [-0.3, -0.25) is 0 Å². The van der Waals surface area contributed by atoms with Gasteiger partial charge in [0, 0.05) is 23.9 Å². The van der Waals surface area contributed by atoms with Crippen LogP contribution in [-0.2, 0) is 6.54 Å². The second-order valence-corrected chi connectivity index (χ2v) is 4.86. The summed E-state index contributed by atoms with van der Waals surface area (Å²) in [5, 5.41) is 3.22. The van der Waals surface area contributed by atoms with Crippen LogP contribution in [-0.4, -0.2) is 0 Å². The molecule has 0 atom stereocenters. The van der Waals surface area contributed by atoms with Crippen LogP contribution in [0.1, 0.15) is 22.3 Å². The fourth-order valence-corrected chi connectivity index (χ4v) is 2.31. The molecular formula is C16H17F2N. The molecule has 3 heteroatoms. The van der Waals surface area contributed by atoms with E-state index < -0.39 is 11.6 Å². The monoisotopic (exact) mass is 261 g/mol. The first-order chi connectivity index (χ1) is 8.97. The molecule has 0 aromatic heterocycles. The van der Waals surface area contributed by atoms with Gasteiger partial charge in [0.15, 0.2) is 0 Å². The third kappa shape index (κ3) is 3.11. The maximum Gasteiger partial charge on any atom is 0.131 e. The molecule has 0 aliphatic heterocycles. The molecule has 0 saturated heterocycles. The van der Waals surface area contributed by atoms with Crippen LogP contribution in [0.4, 0.5) is 14.5 Å². The largest absolute Gasteiger partial charge is 0.380 e. The van der Waals surface area contributed by atoms with Crippen LogP contribution in [0, 0.1) is 32.4 Å². The van der Waals surface area contributed by atoms with Crippen LogP contribution >= 0.6 is 0 Å². The zero-order valence-corrected chi connectivity index (χ0v) is 11.3. The van der Waals surface area contributed by atoms with E-state index in [4.69, 9.17) is 0 Å². The van der Waals surface area contributed by atoms with Gasteiger partial charge in [-0.15, -0.1) is 0 Å². The molecule has 0 spiro atoms. The van der Waals surface area contributed by atoms with E-state index in [1.54, 1.807) is 0 Å². The normalized spacial score (nSPS) is 10.6. The van der Waals surface area contributed by atoms with Gasteiger partial charge in [-0.05, 0) is 38.0 Å². The van der Waals surface area contributed by atoms with Crippen molar-refractivity contribution in [2.45, 2.75) is 27.3 Å². The second kappa shape index (κ2) is 5.39. The van der Waals surface area contributed by atoms with Crippen LogP contribution in [0.5, 0.6) is 0 Å². The molecule has 0 saturated carbocycles. The molecular weight excluding hydrogens is 244 g/mol. The lowest BCUT2D eigenvalue weighted by Gasteiger charge is -2.14. The Morgan fingerprint density at radius 2 is 1.58 bits per heavy atom. The summed E-state index contributed by atoms with van der Waals surface area (Å²) < 4.78 is 26.4. The van der Waals surface area contributed by atoms with Gasteiger partial charge in [0.25, 0.3) is 0 Å². The van der Waals surface area contributed by atoms with E-state index in [0.717, 1.165) is 22.9 Å². The number of benzene rings is 2. The number of anilines is 1. The number of nitrogens with one attached hydrogen (secondary N) is 1. The fourth-order valence-electron chi connectivity index (χ4n) is 2.31. The summed E-state index contributed by atoms with van der Waals surface area (Å²) in [4.78, 5) is 0. The minimum Gasteiger partial charge on any atom is -0.380 e. The molecule has 0 fully saturated rings. The van der Waals surface area contributed by atoms with Gasteiger partial charge in [-0.25, -0.2) is 8.78 Å². The lowest BCUT2D eigenvalue weighted by atomic mass is 10.0. The van der Waals surface area contributed by atoms with Crippen LogP contribution in [0.25, 0.3) is 0 Å². The Labute approximate surface area is 112 Å². The van der Waals surface area contributed by atoms with E-state index in [0.29, 0.717) is 12.1 Å². The zero-order chi connectivity index (χ0) is 14.0. The van der Waals surface area contributed by atoms with Crippen LogP contribution in [0.15, 0.2) is 30.3 Å². The first-order valence-corrected chi connectivity index (χ1v) is 6.23. The third-order valence-electron chi connectivity index (χ3n) is 3.15. The Balaban J connectivity index is 2.19. The third-order valence-corrected chi connectivity index (χ3v) is 3.15. The van der Waals surface area contributed by atoms with Gasteiger partial charge in [0.1, 0.15) is 11.6 Å². The van der Waals surface area contributed by atoms with Crippen molar-refractivity contribution in [3.8, 4) is 0 Å². The van der Waals surface area contributed by atoms with Crippen molar-refractivity contribution in [2.24, 2.45) is 0 Å². The number of hydrogen-bond acceptors (Lipinski definition) is 1. The average Bonchev–Trinajstić information content (AvgIpc) is 2.30. The smallest absolute Gasteiger partial charge is 0.131 e.